The van der Waals surface area contributed by atoms with Crippen LogP contribution in [0, 0.1) is 6.92 Å². The van der Waals surface area contributed by atoms with Gasteiger partial charge in [0, 0.05) is 11.1 Å². The van der Waals surface area contributed by atoms with Crippen molar-refractivity contribution >= 4 is 11.3 Å². The van der Waals surface area contributed by atoms with E-state index in [9.17, 15) is 0 Å². The number of aromatic nitrogens is 1. The van der Waals surface area contributed by atoms with Crippen LogP contribution in [0.25, 0.3) is 0 Å². The molecule has 0 N–H and O–H groups in total. The average molecular weight is 323 g/mol. The summed E-state index contributed by atoms with van der Waals surface area (Å²) < 4.78 is 12.0. The SMILES string of the molecule is Cc1cnc(Oc2ccc3c(c2)CCC(c2ccccc2)O3)s1. The van der Waals surface area contributed by atoms with Crippen LogP contribution in [0.3, 0.4) is 0 Å². The quantitative estimate of drug-likeness (QED) is 0.654. The zero-order chi connectivity index (χ0) is 15.6. The summed E-state index contributed by atoms with van der Waals surface area (Å²) in [6.45, 7) is 2.02. The highest BCUT2D eigenvalue weighted by atomic mass is 32.1. The van der Waals surface area contributed by atoms with E-state index in [0.717, 1.165) is 29.2 Å². The van der Waals surface area contributed by atoms with Gasteiger partial charge in [0.2, 0.25) is 0 Å². The highest BCUT2D eigenvalue weighted by Crippen LogP contribution is 2.37. The molecule has 1 aromatic heterocycles. The normalized spacial score (nSPS) is 16.5. The van der Waals surface area contributed by atoms with E-state index in [1.807, 2.05) is 31.3 Å². The standard InChI is InChI=1S/C19H17NO2S/c1-13-12-20-19(23-13)21-16-8-10-18-15(11-16)7-9-17(22-18)14-5-3-2-4-6-14/h2-6,8,10-12,17H,7,9H2,1H3. The number of hydrogen-bond acceptors (Lipinski definition) is 4. The monoisotopic (exact) mass is 323 g/mol. The average Bonchev–Trinajstić information content (AvgIpc) is 3.00. The van der Waals surface area contributed by atoms with Gasteiger partial charge in [0.25, 0.3) is 5.19 Å². The maximum atomic E-state index is 6.16. The van der Waals surface area contributed by atoms with Crippen LogP contribution in [0.2, 0.25) is 0 Å². The van der Waals surface area contributed by atoms with Crippen molar-refractivity contribution in [1.82, 2.24) is 4.98 Å². The Morgan fingerprint density at radius 2 is 2.04 bits per heavy atom. The fourth-order valence-corrected chi connectivity index (χ4v) is 3.44. The largest absolute Gasteiger partial charge is 0.485 e. The maximum Gasteiger partial charge on any atom is 0.278 e. The molecule has 23 heavy (non-hydrogen) atoms. The van der Waals surface area contributed by atoms with E-state index in [4.69, 9.17) is 9.47 Å². The first kappa shape index (κ1) is 14.3. The molecule has 0 spiro atoms. The van der Waals surface area contributed by atoms with E-state index < -0.39 is 0 Å². The van der Waals surface area contributed by atoms with Crippen molar-refractivity contribution in [3.8, 4) is 16.7 Å². The van der Waals surface area contributed by atoms with Crippen LogP contribution in [0.5, 0.6) is 16.7 Å². The molecule has 0 fully saturated rings. The third-order valence-electron chi connectivity index (χ3n) is 3.95. The van der Waals surface area contributed by atoms with Crippen molar-refractivity contribution in [3.63, 3.8) is 0 Å². The second-order valence-electron chi connectivity index (χ2n) is 5.66. The molecular weight excluding hydrogens is 306 g/mol. The van der Waals surface area contributed by atoms with E-state index in [0.29, 0.717) is 5.19 Å². The highest BCUT2D eigenvalue weighted by Gasteiger charge is 2.21. The second-order valence-corrected chi connectivity index (χ2v) is 6.86. The van der Waals surface area contributed by atoms with Crippen LogP contribution in [0.15, 0.2) is 54.7 Å². The molecule has 0 saturated carbocycles. The predicted molar refractivity (Wildman–Crippen MR) is 91.5 cm³/mol. The summed E-state index contributed by atoms with van der Waals surface area (Å²) in [5.74, 6) is 1.77. The first-order valence-electron chi connectivity index (χ1n) is 7.73. The minimum atomic E-state index is 0.136. The molecule has 1 aliphatic heterocycles. The van der Waals surface area contributed by atoms with Crippen LogP contribution in [-0.4, -0.2) is 4.98 Å². The van der Waals surface area contributed by atoms with E-state index in [1.54, 1.807) is 11.3 Å². The van der Waals surface area contributed by atoms with Gasteiger partial charge in [-0.25, -0.2) is 4.98 Å². The highest BCUT2D eigenvalue weighted by molar-refractivity contribution is 7.13. The van der Waals surface area contributed by atoms with Gasteiger partial charge >= 0.3 is 0 Å². The molecular formula is C19H17NO2S. The molecule has 0 saturated heterocycles. The van der Waals surface area contributed by atoms with Gasteiger partial charge in [-0.1, -0.05) is 41.7 Å². The van der Waals surface area contributed by atoms with Crippen molar-refractivity contribution in [2.75, 3.05) is 0 Å². The molecule has 4 rings (SSSR count). The fraction of sp³-hybridized carbons (Fsp3) is 0.211. The smallest absolute Gasteiger partial charge is 0.278 e. The Morgan fingerprint density at radius 3 is 2.83 bits per heavy atom. The topological polar surface area (TPSA) is 31.4 Å². The molecule has 0 radical (unpaired) electrons. The lowest BCUT2D eigenvalue weighted by Crippen LogP contribution is -2.15. The Kier molecular flexibility index (Phi) is 3.75. The number of nitrogens with zero attached hydrogens (tertiary/aromatic N) is 1. The molecule has 1 aliphatic rings. The van der Waals surface area contributed by atoms with Crippen molar-refractivity contribution in [2.24, 2.45) is 0 Å². The van der Waals surface area contributed by atoms with E-state index in [-0.39, 0.29) is 6.10 Å². The molecule has 1 unspecified atom stereocenters. The zero-order valence-electron chi connectivity index (χ0n) is 12.9. The summed E-state index contributed by atoms with van der Waals surface area (Å²) >= 11 is 1.55. The Bertz CT molecular complexity index is 813. The van der Waals surface area contributed by atoms with Gasteiger partial charge in [-0.3, -0.25) is 0 Å². The Morgan fingerprint density at radius 1 is 1.17 bits per heavy atom. The van der Waals surface area contributed by atoms with Gasteiger partial charge in [-0.2, -0.15) is 0 Å². The van der Waals surface area contributed by atoms with Gasteiger partial charge < -0.3 is 9.47 Å². The zero-order valence-corrected chi connectivity index (χ0v) is 13.7. The molecule has 3 nitrogen and oxygen atoms in total. The maximum absolute atomic E-state index is 6.16. The van der Waals surface area contributed by atoms with Crippen LogP contribution < -0.4 is 9.47 Å². The number of aryl methyl sites for hydroxylation is 2. The van der Waals surface area contributed by atoms with Crippen molar-refractivity contribution in [3.05, 3.63) is 70.7 Å². The number of thiazole rings is 1. The van der Waals surface area contributed by atoms with E-state index in [1.165, 1.54) is 11.1 Å². The number of hydrogen-bond donors (Lipinski definition) is 0. The van der Waals surface area contributed by atoms with Crippen molar-refractivity contribution < 1.29 is 9.47 Å². The van der Waals surface area contributed by atoms with Gasteiger partial charge in [0.1, 0.15) is 17.6 Å². The molecule has 3 aromatic rings. The molecule has 116 valence electrons. The third-order valence-corrected chi connectivity index (χ3v) is 4.74. The second kappa shape index (κ2) is 6.05. The molecule has 1 atom stereocenters. The molecule has 0 bridgehead atoms. The summed E-state index contributed by atoms with van der Waals surface area (Å²) in [7, 11) is 0. The lowest BCUT2D eigenvalue weighted by molar-refractivity contribution is 0.176. The lowest BCUT2D eigenvalue weighted by Gasteiger charge is -2.26. The van der Waals surface area contributed by atoms with Crippen LogP contribution in [0.4, 0.5) is 0 Å². The third kappa shape index (κ3) is 3.08. The Balaban J connectivity index is 1.53. The minimum absolute atomic E-state index is 0.136. The molecule has 2 heterocycles. The first-order chi connectivity index (χ1) is 11.3. The van der Waals surface area contributed by atoms with Gasteiger partial charge in [-0.15, -0.1) is 0 Å². The minimum Gasteiger partial charge on any atom is -0.485 e. The fourth-order valence-electron chi connectivity index (χ4n) is 2.81. The van der Waals surface area contributed by atoms with E-state index in [2.05, 4.69) is 35.3 Å². The number of benzene rings is 2. The van der Waals surface area contributed by atoms with Crippen LogP contribution in [-0.2, 0) is 6.42 Å². The van der Waals surface area contributed by atoms with Crippen LogP contribution >= 0.6 is 11.3 Å². The summed E-state index contributed by atoms with van der Waals surface area (Å²) in [4.78, 5) is 5.39. The predicted octanol–water partition coefficient (Wildman–Crippen LogP) is 5.31. The number of fused-ring (bicyclic) bond motifs is 1. The molecule has 4 heteroatoms. The van der Waals surface area contributed by atoms with Gasteiger partial charge in [0.05, 0.1) is 0 Å². The Hall–Kier alpha value is -2.33. The lowest BCUT2D eigenvalue weighted by atomic mass is 9.97. The summed E-state index contributed by atoms with van der Waals surface area (Å²) in [6.07, 6.45) is 3.93. The van der Waals surface area contributed by atoms with Crippen molar-refractivity contribution in [1.29, 1.82) is 0 Å². The molecule has 0 amide bonds. The summed E-state index contributed by atoms with van der Waals surface area (Å²) in [5.41, 5.74) is 2.43. The van der Waals surface area contributed by atoms with E-state index >= 15 is 0 Å². The van der Waals surface area contributed by atoms with Gasteiger partial charge in [-0.05, 0) is 49.1 Å². The Labute approximate surface area is 139 Å². The molecule has 2 aromatic carbocycles. The summed E-state index contributed by atoms with van der Waals surface area (Å²) in [6, 6.07) is 16.4. The number of ether oxygens (including phenoxy) is 2. The molecule has 0 aliphatic carbocycles. The van der Waals surface area contributed by atoms with Gasteiger partial charge in [0.15, 0.2) is 0 Å². The number of rotatable bonds is 3. The van der Waals surface area contributed by atoms with Crippen molar-refractivity contribution in [2.45, 2.75) is 25.9 Å². The summed E-state index contributed by atoms with van der Waals surface area (Å²) in [5, 5.41) is 0.682. The van der Waals surface area contributed by atoms with Crippen LogP contribution in [0.1, 0.15) is 28.5 Å². The first-order valence-corrected chi connectivity index (χ1v) is 8.54.